The summed E-state index contributed by atoms with van der Waals surface area (Å²) in [7, 11) is 1.62. The van der Waals surface area contributed by atoms with Gasteiger partial charge >= 0.3 is 6.03 Å². The number of rotatable bonds is 7. The predicted molar refractivity (Wildman–Crippen MR) is 90.2 cm³/mol. The summed E-state index contributed by atoms with van der Waals surface area (Å²) in [4.78, 5) is 12.0. The summed E-state index contributed by atoms with van der Waals surface area (Å²) in [6.07, 6.45) is 0.735. The van der Waals surface area contributed by atoms with Gasteiger partial charge in [0.15, 0.2) is 0 Å². The highest BCUT2D eigenvalue weighted by molar-refractivity contribution is 5.90. The number of methoxy groups -OCH3 is 1. The van der Waals surface area contributed by atoms with Crippen molar-refractivity contribution in [2.24, 2.45) is 0 Å². The number of carbonyl (C=O) groups is 1. The van der Waals surface area contributed by atoms with Crippen molar-refractivity contribution >= 4 is 11.7 Å². The summed E-state index contributed by atoms with van der Waals surface area (Å²) in [5.41, 5.74) is 3.68. The molecule has 0 aromatic heterocycles. The quantitative estimate of drug-likeness (QED) is 0.736. The molecule has 5 heteroatoms. The van der Waals surface area contributed by atoms with Crippen LogP contribution in [-0.2, 0) is 24.4 Å². The van der Waals surface area contributed by atoms with Crippen molar-refractivity contribution in [1.29, 1.82) is 0 Å². The number of urea groups is 1. The van der Waals surface area contributed by atoms with Crippen LogP contribution in [0.4, 0.5) is 10.5 Å². The molecule has 23 heavy (non-hydrogen) atoms. The Labute approximate surface area is 136 Å². The number of para-hydroxylation sites is 1. The number of nitrogens with one attached hydrogen (secondary N) is 2. The zero-order valence-corrected chi connectivity index (χ0v) is 13.2. The second kappa shape index (κ2) is 8.92. The minimum atomic E-state index is -0.236. The van der Waals surface area contributed by atoms with Gasteiger partial charge in [-0.1, -0.05) is 42.5 Å². The number of hydrogen-bond donors (Lipinski definition) is 3. The Morgan fingerprint density at radius 3 is 2.48 bits per heavy atom. The highest BCUT2D eigenvalue weighted by Gasteiger charge is 2.05. The van der Waals surface area contributed by atoms with Gasteiger partial charge in [0.1, 0.15) is 0 Å². The first-order chi connectivity index (χ1) is 11.2. The van der Waals surface area contributed by atoms with Gasteiger partial charge < -0.3 is 20.5 Å². The maximum Gasteiger partial charge on any atom is 0.319 e. The molecule has 0 fully saturated rings. The Balaban J connectivity index is 1.81. The van der Waals surface area contributed by atoms with E-state index in [2.05, 4.69) is 10.6 Å². The maximum absolute atomic E-state index is 12.0. The van der Waals surface area contributed by atoms with Crippen LogP contribution in [0.15, 0.2) is 48.5 Å². The minimum absolute atomic E-state index is 0.0435. The molecule has 0 bridgehead atoms. The van der Waals surface area contributed by atoms with Crippen molar-refractivity contribution < 1.29 is 14.6 Å². The minimum Gasteiger partial charge on any atom is -0.392 e. The average Bonchev–Trinajstić information content (AvgIpc) is 2.57. The van der Waals surface area contributed by atoms with E-state index in [1.165, 1.54) is 0 Å². The summed E-state index contributed by atoms with van der Waals surface area (Å²) in [5.74, 6) is 0. The second-order valence-corrected chi connectivity index (χ2v) is 5.20. The van der Waals surface area contributed by atoms with Gasteiger partial charge in [-0.2, -0.15) is 0 Å². The van der Waals surface area contributed by atoms with Crippen molar-refractivity contribution in [1.82, 2.24) is 5.32 Å². The van der Waals surface area contributed by atoms with Crippen LogP contribution in [-0.4, -0.2) is 24.8 Å². The number of aliphatic hydroxyl groups excluding tert-OH is 1. The van der Waals surface area contributed by atoms with Crippen LogP contribution in [0.25, 0.3) is 0 Å². The molecular weight excluding hydrogens is 292 g/mol. The second-order valence-electron chi connectivity index (χ2n) is 5.20. The molecule has 0 aliphatic carbocycles. The number of aliphatic hydroxyl groups is 1. The number of carbonyl (C=O) groups excluding carboxylic acids is 1. The van der Waals surface area contributed by atoms with Crippen LogP contribution >= 0.6 is 0 Å². The molecule has 0 radical (unpaired) electrons. The Hall–Kier alpha value is -2.37. The van der Waals surface area contributed by atoms with E-state index in [0.717, 1.165) is 28.8 Å². The van der Waals surface area contributed by atoms with Crippen LogP contribution in [0.5, 0.6) is 0 Å². The van der Waals surface area contributed by atoms with Crippen molar-refractivity contribution in [3.05, 3.63) is 65.2 Å². The normalized spacial score (nSPS) is 10.3. The van der Waals surface area contributed by atoms with Crippen LogP contribution < -0.4 is 10.6 Å². The Morgan fingerprint density at radius 2 is 1.78 bits per heavy atom. The van der Waals surface area contributed by atoms with E-state index in [-0.39, 0.29) is 12.6 Å². The third-order valence-electron chi connectivity index (χ3n) is 3.47. The Bertz CT molecular complexity index is 626. The molecule has 0 aliphatic heterocycles. The van der Waals surface area contributed by atoms with E-state index >= 15 is 0 Å². The van der Waals surface area contributed by atoms with Gasteiger partial charge in [0.2, 0.25) is 0 Å². The lowest BCUT2D eigenvalue weighted by Gasteiger charge is -2.11. The molecule has 3 N–H and O–H groups in total. The summed E-state index contributed by atoms with van der Waals surface area (Å²) < 4.78 is 5.12. The molecule has 0 spiro atoms. The summed E-state index contributed by atoms with van der Waals surface area (Å²) in [5, 5.41) is 14.7. The average molecular weight is 314 g/mol. The lowest BCUT2D eigenvalue weighted by molar-refractivity contribution is 0.185. The SMILES string of the molecule is COCc1ccccc1NC(=O)NCCc1ccc(CO)cc1. The molecule has 0 saturated carbocycles. The largest absolute Gasteiger partial charge is 0.392 e. The fourth-order valence-electron chi connectivity index (χ4n) is 2.22. The Kier molecular flexibility index (Phi) is 6.59. The molecule has 122 valence electrons. The van der Waals surface area contributed by atoms with Gasteiger partial charge in [0.05, 0.1) is 13.2 Å². The smallest absolute Gasteiger partial charge is 0.319 e. The van der Waals surface area contributed by atoms with E-state index in [4.69, 9.17) is 9.84 Å². The maximum atomic E-state index is 12.0. The lowest BCUT2D eigenvalue weighted by Crippen LogP contribution is -2.30. The highest BCUT2D eigenvalue weighted by atomic mass is 16.5. The molecule has 2 rings (SSSR count). The monoisotopic (exact) mass is 314 g/mol. The third kappa shape index (κ3) is 5.39. The van der Waals surface area contributed by atoms with Crippen molar-refractivity contribution in [2.75, 3.05) is 19.0 Å². The van der Waals surface area contributed by atoms with Gasteiger partial charge in [-0.3, -0.25) is 0 Å². The van der Waals surface area contributed by atoms with Gasteiger partial charge in [0.25, 0.3) is 0 Å². The molecular formula is C18H22N2O3. The van der Waals surface area contributed by atoms with Gasteiger partial charge in [-0.25, -0.2) is 4.79 Å². The van der Waals surface area contributed by atoms with E-state index < -0.39 is 0 Å². The summed E-state index contributed by atoms with van der Waals surface area (Å²) in [6.45, 7) is 1.03. The van der Waals surface area contributed by atoms with Crippen LogP contribution in [0.1, 0.15) is 16.7 Å². The van der Waals surface area contributed by atoms with Crippen molar-refractivity contribution in [3.8, 4) is 0 Å². The van der Waals surface area contributed by atoms with E-state index in [9.17, 15) is 4.79 Å². The first kappa shape index (κ1) is 17.0. The number of hydrogen-bond acceptors (Lipinski definition) is 3. The fraction of sp³-hybridized carbons (Fsp3) is 0.278. The summed E-state index contributed by atoms with van der Waals surface area (Å²) in [6, 6.07) is 15.0. The van der Waals surface area contributed by atoms with E-state index in [1.807, 2.05) is 48.5 Å². The lowest BCUT2D eigenvalue weighted by atomic mass is 10.1. The molecule has 0 aliphatic rings. The van der Waals surface area contributed by atoms with Crippen LogP contribution in [0.2, 0.25) is 0 Å². The first-order valence-electron chi connectivity index (χ1n) is 7.53. The molecule has 0 heterocycles. The standard InChI is InChI=1S/C18H22N2O3/c1-23-13-16-4-2-3-5-17(16)20-18(22)19-11-10-14-6-8-15(12-21)9-7-14/h2-9,21H,10-13H2,1H3,(H2,19,20,22). The van der Waals surface area contributed by atoms with Crippen LogP contribution in [0.3, 0.4) is 0 Å². The van der Waals surface area contributed by atoms with Crippen molar-refractivity contribution in [3.63, 3.8) is 0 Å². The molecule has 2 amide bonds. The van der Waals surface area contributed by atoms with Crippen molar-refractivity contribution in [2.45, 2.75) is 19.6 Å². The third-order valence-corrected chi connectivity index (χ3v) is 3.47. The van der Waals surface area contributed by atoms with E-state index in [1.54, 1.807) is 7.11 Å². The molecule has 0 atom stereocenters. The number of ether oxygens (including phenoxy) is 1. The van der Waals surface area contributed by atoms with E-state index in [0.29, 0.717) is 13.2 Å². The molecule has 0 unspecified atom stereocenters. The number of amides is 2. The number of benzene rings is 2. The van der Waals surface area contributed by atoms with Crippen LogP contribution in [0, 0.1) is 0 Å². The van der Waals surface area contributed by atoms with Gasteiger partial charge in [-0.15, -0.1) is 0 Å². The molecule has 2 aromatic rings. The van der Waals surface area contributed by atoms with Gasteiger partial charge in [-0.05, 0) is 23.6 Å². The molecule has 5 nitrogen and oxygen atoms in total. The Morgan fingerprint density at radius 1 is 1.09 bits per heavy atom. The molecule has 0 saturated heterocycles. The first-order valence-corrected chi connectivity index (χ1v) is 7.53. The zero-order valence-electron chi connectivity index (χ0n) is 13.2. The number of anilines is 1. The zero-order chi connectivity index (χ0) is 16.5. The topological polar surface area (TPSA) is 70.6 Å². The van der Waals surface area contributed by atoms with Gasteiger partial charge in [0, 0.05) is 24.9 Å². The fourth-order valence-corrected chi connectivity index (χ4v) is 2.22. The predicted octanol–water partition coefficient (Wildman–Crippen LogP) is 2.69. The highest BCUT2D eigenvalue weighted by Crippen LogP contribution is 2.15. The summed E-state index contributed by atoms with van der Waals surface area (Å²) >= 11 is 0. The molecule has 2 aromatic carbocycles.